The van der Waals surface area contributed by atoms with E-state index in [-0.39, 0.29) is 16.6 Å². The van der Waals surface area contributed by atoms with Crippen molar-refractivity contribution >= 4 is 38.2 Å². The fourth-order valence-electron chi connectivity index (χ4n) is 2.05. The number of nitrogens with one attached hydrogen (secondary N) is 2. The maximum atomic E-state index is 12.4. The van der Waals surface area contributed by atoms with Gasteiger partial charge in [0.15, 0.2) is 0 Å². The minimum atomic E-state index is -3.96. The van der Waals surface area contributed by atoms with Crippen LogP contribution in [-0.4, -0.2) is 37.5 Å². The smallest absolute Gasteiger partial charge is 0.339 e. The van der Waals surface area contributed by atoms with E-state index in [2.05, 4.69) is 26.5 Å². The molecule has 31 heavy (non-hydrogen) atoms. The second-order valence-corrected chi connectivity index (χ2v) is 8.15. The second-order valence-electron chi connectivity index (χ2n) is 5.69. The number of nitrogens with zero attached hydrogens (tertiary/aromatic N) is 2. The van der Waals surface area contributed by atoms with Crippen LogP contribution in [-0.2, 0) is 10.1 Å². The lowest BCUT2D eigenvalue weighted by Gasteiger charge is -2.11. The Balaban J connectivity index is 0.00000110. The van der Waals surface area contributed by atoms with Crippen molar-refractivity contribution in [2.75, 3.05) is 6.61 Å². The monoisotopic (exact) mass is 517 g/mol. The highest BCUT2D eigenvalue weighted by atomic mass is 79.9. The first-order valence-electron chi connectivity index (χ1n) is 8.39. The summed E-state index contributed by atoms with van der Waals surface area (Å²) in [5, 5.41) is 24.3. The van der Waals surface area contributed by atoms with Crippen LogP contribution in [0.3, 0.4) is 0 Å². The van der Waals surface area contributed by atoms with Crippen LogP contribution in [0, 0.1) is 22.4 Å². The number of hydrazone groups is 1. The van der Waals surface area contributed by atoms with Gasteiger partial charge in [0.05, 0.1) is 6.61 Å². The van der Waals surface area contributed by atoms with Gasteiger partial charge in [-0.15, -0.1) is 10.1 Å². The maximum absolute atomic E-state index is 12.4. The number of benzene rings is 2. The summed E-state index contributed by atoms with van der Waals surface area (Å²) in [4.78, 5) is 8.41. The van der Waals surface area contributed by atoms with Gasteiger partial charge >= 0.3 is 10.1 Å². The van der Waals surface area contributed by atoms with E-state index in [1.807, 2.05) is 6.92 Å². The van der Waals surface area contributed by atoms with E-state index in [0.717, 1.165) is 5.56 Å². The van der Waals surface area contributed by atoms with Crippen LogP contribution in [0.4, 0.5) is 0 Å². The molecule has 0 saturated heterocycles. The van der Waals surface area contributed by atoms with Crippen LogP contribution >= 0.6 is 15.9 Å². The summed E-state index contributed by atoms with van der Waals surface area (Å²) in [6, 6.07) is 11.2. The van der Waals surface area contributed by atoms with Gasteiger partial charge in [0, 0.05) is 23.2 Å². The third-order valence-corrected chi connectivity index (χ3v) is 4.84. The van der Waals surface area contributed by atoms with Crippen LogP contribution in [0.25, 0.3) is 0 Å². The molecule has 0 unspecified atom stereocenters. The first-order valence-corrected chi connectivity index (χ1v) is 10.6. The van der Waals surface area contributed by atoms with Crippen molar-refractivity contribution < 1.29 is 27.6 Å². The zero-order valence-electron chi connectivity index (χ0n) is 16.2. The molecule has 14 heteroatoms. The summed E-state index contributed by atoms with van der Waals surface area (Å²) in [5.74, 6) is 0.388. The molecule has 0 radical (unpaired) electrons. The minimum absolute atomic E-state index is 0.0510. The number of halogens is 1. The van der Waals surface area contributed by atoms with Gasteiger partial charge in [0.1, 0.15) is 16.4 Å². The third-order valence-electron chi connectivity index (χ3n) is 3.11. The topological polar surface area (TPSA) is 190 Å². The summed E-state index contributed by atoms with van der Waals surface area (Å²) < 4.78 is 36.3. The van der Waals surface area contributed by atoms with Gasteiger partial charge in [-0.05, 0) is 42.8 Å². The van der Waals surface area contributed by atoms with Crippen LogP contribution in [0.1, 0.15) is 12.0 Å². The predicted octanol–water partition coefficient (Wildman–Crippen LogP) is 2.42. The Kier molecular flexibility index (Phi) is 10.2. The van der Waals surface area contributed by atoms with Gasteiger partial charge in [0.25, 0.3) is 5.09 Å². The molecule has 2 aromatic carbocycles. The molecular formula is C17H20BrN5O7S. The van der Waals surface area contributed by atoms with E-state index in [0.29, 0.717) is 23.2 Å². The fourth-order valence-corrected chi connectivity index (χ4v) is 3.57. The second kappa shape index (κ2) is 12.3. The first kappa shape index (κ1) is 25.6. The third kappa shape index (κ3) is 10.8. The standard InChI is InChI=1S/C17H19BrN4O4S.HNO3/c1-12-8-14(25-7-3-6-21-22-17(19)20)11-15(9-12)26-27(23,24)16-5-2-4-13(18)10-16;2-1(3)4/h2,4-6,8-11H,3,7H2,1H3,(H4,19,20,22);(H,2,3,4). The highest BCUT2D eigenvalue weighted by molar-refractivity contribution is 9.10. The minimum Gasteiger partial charge on any atom is -0.493 e. The molecule has 0 aliphatic heterocycles. The van der Waals surface area contributed by atoms with Gasteiger partial charge in [-0.3, -0.25) is 5.41 Å². The van der Waals surface area contributed by atoms with Gasteiger partial charge in [-0.2, -0.15) is 13.5 Å². The molecule has 0 saturated carbocycles. The molecule has 0 aromatic heterocycles. The number of aryl methyl sites for hydroxylation is 1. The summed E-state index contributed by atoms with van der Waals surface area (Å²) in [5.41, 5.74) is 8.18. The Bertz CT molecular complexity index is 1040. The van der Waals surface area contributed by atoms with Gasteiger partial charge in [0.2, 0.25) is 5.96 Å². The van der Waals surface area contributed by atoms with Gasteiger partial charge < -0.3 is 19.9 Å². The quantitative estimate of drug-likeness (QED) is 0.102. The largest absolute Gasteiger partial charge is 0.493 e. The van der Waals surface area contributed by atoms with Crippen molar-refractivity contribution in [3.05, 3.63) is 62.6 Å². The lowest BCUT2D eigenvalue weighted by atomic mass is 10.2. The maximum Gasteiger partial charge on any atom is 0.339 e. The average Bonchev–Trinajstić information content (AvgIpc) is 2.63. The van der Waals surface area contributed by atoms with Gasteiger partial charge in [-0.1, -0.05) is 22.0 Å². The van der Waals surface area contributed by atoms with Crippen LogP contribution in [0.2, 0.25) is 0 Å². The number of nitrogens with two attached hydrogens (primary N) is 1. The van der Waals surface area contributed by atoms with E-state index in [1.165, 1.54) is 24.4 Å². The van der Waals surface area contributed by atoms with Crippen molar-refractivity contribution in [3.8, 4) is 11.5 Å². The molecule has 0 heterocycles. The van der Waals surface area contributed by atoms with Crippen molar-refractivity contribution in [1.82, 2.24) is 5.43 Å². The number of guanidine groups is 1. The van der Waals surface area contributed by atoms with E-state index in [9.17, 15) is 8.42 Å². The van der Waals surface area contributed by atoms with E-state index < -0.39 is 15.2 Å². The fraction of sp³-hybridized carbons (Fsp3) is 0.176. The molecule has 0 fully saturated rings. The number of hydrogen-bond acceptors (Lipinski definition) is 8. The molecule has 0 aliphatic rings. The zero-order valence-corrected chi connectivity index (χ0v) is 18.6. The zero-order chi connectivity index (χ0) is 23.4. The summed E-state index contributed by atoms with van der Waals surface area (Å²) >= 11 is 3.24. The summed E-state index contributed by atoms with van der Waals surface area (Å²) in [6.07, 6.45) is 1.99. The molecule has 2 aromatic rings. The first-order chi connectivity index (χ1) is 14.5. The molecule has 2 rings (SSSR count). The SMILES string of the molecule is Cc1cc(OCCC=NNC(=N)N)cc(OS(=O)(=O)c2cccc(Br)c2)c1.O=[N+]([O-])O. The highest BCUT2D eigenvalue weighted by Gasteiger charge is 2.17. The van der Waals surface area contributed by atoms with Crippen molar-refractivity contribution in [2.24, 2.45) is 10.8 Å². The molecule has 0 bridgehead atoms. The van der Waals surface area contributed by atoms with Crippen molar-refractivity contribution in [3.63, 3.8) is 0 Å². The molecule has 168 valence electrons. The summed E-state index contributed by atoms with van der Waals surface area (Å²) in [6.45, 7) is 2.12. The predicted molar refractivity (Wildman–Crippen MR) is 116 cm³/mol. The lowest BCUT2D eigenvalue weighted by Crippen LogP contribution is -2.25. The molecule has 0 atom stereocenters. The molecule has 12 nitrogen and oxygen atoms in total. The lowest BCUT2D eigenvalue weighted by molar-refractivity contribution is -0.742. The highest BCUT2D eigenvalue weighted by Crippen LogP contribution is 2.26. The van der Waals surface area contributed by atoms with Crippen LogP contribution in [0.15, 0.2) is 56.9 Å². The van der Waals surface area contributed by atoms with Gasteiger partial charge in [-0.25, -0.2) is 5.43 Å². The Morgan fingerprint density at radius 2 is 2.00 bits per heavy atom. The molecular weight excluding hydrogens is 498 g/mol. The Morgan fingerprint density at radius 1 is 1.35 bits per heavy atom. The van der Waals surface area contributed by atoms with E-state index in [4.69, 9.17) is 35.4 Å². The van der Waals surface area contributed by atoms with E-state index >= 15 is 0 Å². The van der Waals surface area contributed by atoms with E-state index in [1.54, 1.807) is 24.3 Å². The molecule has 0 spiro atoms. The number of ether oxygens (including phenoxy) is 1. The van der Waals surface area contributed by atoms with Crippen LogP contribution in [0.5, 0.6) is 11.5 Å². The average molecular weight is 518 g/mol. The molecule has 0 amide bonds. The normalized spacial score (nSPS) is 10.6. The Morgan fingerprint density at radius 3 is 2.61 bits per heavy atom. The van der Waals surface area contributed by atoms with Crippen molar-refractivity contribution in [1.29, 1.82) is 5.41 Å². The van der Waals surface area contributed by atoms with Crippen molar-refractivity contribution in [2.45, 2.75) is 18.2 Å². The molecule has 0 aliphatic carbocycles. The van der Waals surface area contributed by atoms with Crippen LogP contribution < -0.4 is 20.1 Å². The number of hydrogen-bond donors (Lipinski definition) is 4. The Hall–Kier alpha value is -3.39. The molecule has 5 N–H and O–H groups in total. The Labute approximate surface area is 186 Å². The summed E-state index contributed by atoms with van der Waals surface area (Å²) in [7, 11) is -3.96. The number of rotatable bonds is 8.